The maximum absolute atomic E-state index is 4.57. The second kappa shape index (κ2) is 6.55. The third kappa shape index (κ3) is 3.97. The summed E-state index contributed by atoms with van der Waals surface area (Å²) in [5.74, 6) is 1.90. The Hall–Kier alpha value is -1.16. The van der Waals surface area contributed by atoms with E-state index in [9.17, 15) is 0 Å². The number of aryl methyl sites for hydroxylation is 1. The van der Waals surface area contributed by atoms with E-state index in [-0.39, 0.29) is 0 Å². The van der Waals surface area contributed by atoms with Crippen LogP contribution in [0.3, 0.4) is 0 Å². The minimum Gasteiger partial charge on any atom is -0.357 e. The van der Waals surface area contributed by atoms with Crippen LogP contribution in [-0.4, -0.2) is 29.1 Å². The maximum Gasteiger partial charge on any atom is 0.136 e. The second-order valence-corrected chi connectivity index (χ2v) is 4.47. The van der Waals surface area contributed by atoms with Crippen LogP contribution in [0.5, 0.6) is 0 Å². The van der Waals surface area contributed by atoms with Crippen LogP contribution in [-0.2, 0) is 6.54 Å². The van der Waals surface area contributed by atoms with Crippen LogP contribution in [0.15, 0.2) is 6.20 Å². The zero-order valence-electron chi connectivity index (χ0n) is 11.6. The van der Waals surface area contributed by atoms with Crippen LogP contribution in [0.4, 0.5) is 5.82 Å². The highest BCUT2D eigenvalue weighted by Gasteiger charge is 2.11. The summed E-state index contributed by atoms with van der Waals surface area (Å²) in [6.07, 6.45) is 1.94. The first-order valence-electron chi connectivity index (χ1n) is 6.39. The summed E-state index contributed by atoms with van der Waals surface area (Å²) in [6, 6.07) is 0.473. The molecule has 1 N–H and O–H groups in total. The molecule has 0 spiro atoms. The third-order valence-corrected chi connectivity index (χ3v) is 2.73. The molecule has 0 atom stereocenters. The smallest absolute Gasteiger partial charge is 0.136 e. The van der Waals surface area contributed by atoms with Gasteiger partial charge < -0.3 is 10.2 Å². The first kappa shape index (κ1) is 13.9. The van der Waals surface area contributed by atoms with Gasteiger partial charge in [-0.15, -0.1) is 0 Å². The molecule has 96 valence electrons. The first-order valence-corrected chi connectivity index (χ1v) is 6.39. The first-order chi connectivity index (χ1) is 8.08. The molecule has 0 bridgehead atoms. The van der Waals surface area contributed by atoms with Crippen molar-refractivity contribution in [2.45, 2.75) is 47.2 Å². The van der Waals surface area contributed by atoms with Crippen molar-refractivity contribution in [2.75, 3.05) is 18.0 Å². The fraction of sp³-hybridized carbons (Fsp3) is 0.692. The van der Waals surface area contributed by atoms with E-state index < -0.39 is 0 Å². The quantitative estimate of drug-likeness (QED) is 0.821. The molecule has 0 unspecified atom stereocenters. The summed E-state index contributed by atoms with van der Waals surface area (Å²) in [6.45, 7) is 13.3. The van der Waals surface area contributed by atoms with Crippen molar-refractivity contribution in [1.82, 2.24) is 15.3 Å². The lowest BCUT2D eigenvalue weighted by atomic mass is 10.2. The van der Waals surface area contributed by atoms with E-state index in [0.717, 1.165) is 31.3 Å². The number of aromatic nitrogens is 2. The molecular formula is C13H24N4. The molecule has 4 nitrogen and oxygen atoms in total. The molecule has 0 fully saturated rings. The summed E-state index contributed by atoms with van der Waals surface area (Å²) in [5.41, 5.74) is 1.17. The molecule has 1 rings (SSSR count). The Bertz CT molecular complexity index is 345. The molecule has 0 amide bonds. The van der Waals surface area contributed by atoms with Crippen LogP contribution in [0.2, 0.25) is 0 Å². The fourth-order valence-corrected chi connectivity index (χ4v) is 1.72. The Morgan fingerprint density at radius 1 is 1.29 bits per heavy atom. The van der Waals surface area contributed by atoms with E-state index in [2.05, 4.69) is 47.9 Å². The van der Waals surface area contributed by atoms with Gasteiger partial charge in [0.2, 0.25) is 0 Å². The van der Waals surface area contributed by atoms with Gasteiger partial charge in [-0.1, -0.05) is 13.8 Å². The van der Waals surface area contributed by atoms with Gasteiger partial charge in [0, 0.05) is 37.4 Å². The summed E-state index contributed by atoms with van der Waals surface area (Å²) >= 11 is 0. The molecule has 4 heteroatoms. The number of anilines is 1. The molecular weight excluding hydrogens is 212 g/mol. The lowest BCUT2D eigenvalue weighted by Gasteiger charge is -2.23. The van der Waals surface area contributed by atoms with Crippen LogP contribution >= 0.6 is 0 Å². The van der Waals surface area contributed by atoms with Crippen molar-refractivity contribution in [1.29, 1.82) is 0 Å². The zero-order chi connectivity index (χ0) is 12.8. The lowest BCUT2D eigenvalue weighted by Crippen LogP contribution is -2.28. The second-order valence-electron chi connectivity index (χ2n) is 4.47. The zero-order valence-corrected chi connectivity index (χ0v) is 11.6. The average molecular weight is 236 g/mol. The highest BCUT2D eigenvalue weighted by atomic mass is 15.2. The van der Waals surface area contributed by atoms with Gasteiger partial charge in [0.25, 0.3) is 0 Å². The van der Waals surface area contributed by atoms with Gasteiger partial charge >= 0.3 is 0 Å². The van der Waals surface area contributed by atoms with Crippen molar-refractivity contribution < 1.29 is 0 Å². The number of rotatable bonds is 6. The van der Waals surface area contributed by atoms with Gasteiger partial charge in [0.15, 0.2) is 0 Å². The predicted octanol–water partition coefficient (Wildman–Crippen LogP) is 2.13. The molecule has 0 aliphatic heterocycles. The van der Waals surface area contributed by atoms with E-state index in [1.807, 2.05) is 13.1 Å². The normalized spacial score (nSPS) is 10.9. The van der Waals surface area contributed by atoms with E-state index >= 15 is 0 Å². The number of hydrogen-bond donors (Lipinski definition) is 1. The molecule has 0 aliphatic carbocycles. The predicted molar refractivity (Wildman–Crippen MR) is 72.3 cm³/mol. The topological polar surface area (TPSA) is 41.1 Å². The van der Waals surface area contributed by atoms with E-state index in [4.69, 9.17) is 0 Å². The van der Waals surface area contributed by atoms with Gasteiger partial charge in [-0.05, 0) is 20.8 Å². The maximum atomic E-state index is 4.57. The van der Waals surface area contributed by atoms with Crippen LogP contribution in [0.1, 0.15) is 39.1 Å². The van der Waals surface area contributed by atoms with Crippen molar-refractivity contribution >= 4 is 5.82 Å². The fourth-order valence-electron chi connectivity index (χ4n) is 1.72. The monoisotopic (exact) mass is 236 g/mol. The van der Waals surface area contributed by atoms with Crippen LogP contribution < -0.4 is 10.2 Å². The average Bonchev–Trinajstić information content (AvgIpc) is 2.29. The Balaban J connectivity index is 2.94. The molecule has 0 saturated carbocycles. The van der Waals surface area contributed by atoms with Gasteiger partial charge in [-0.2, -0.15) is 0 Å². The van der Waals surface area contributed by atoms with E-state index in [1.165, 1.54) is 5.56 Å². The van der Waals surface area contributed by atoms with Crippen molar-refractivity contribution in [2.24, 2.45) is 0 Å². The van der Waals surface area contributed by atoms with Gasteiger partial charge in [0.05, 0.1) is 0 Å². The Morgan fingerprint density at radius 3 is 2.47 bits per heavy atom. The summed E-state index contributed by atoms with van der Waals surface area (Å²) < 4.78 is 0. The molecule has 0 saturated heterocycles. The summed E-state index contributed by atoms with van der Waals surface area (Å²) in [5, 5.41) is 3.42. The largest absolute Gasteiger partial charge is 0.357 e. The van der Waals surface area contributed by atoms with Gasteiger partial charge in [-0.25, -0.2) is 9.97 Å². The minimum absolute atomic E-state index is 0.473. The van der Waals surface area contributed by atoms with E-state index in [1.54, 1.807) is 0 Å². The van der Waals surface area contributed by atoms with E-state index in [0.29, 0.717) is 6.04 Å². The molecule has 1 heterocycles. The molecule has 1 aromatic rings. The Labute approximate surface area is 104 Å². The number of hydrogen-bond acceptors (Lipinski definition) is 4. The van der Waals surface area contributed by atoms with Gasteiger partial charge in [-0.3, -0.25) is 0 Å². The minimum atomic E-state index is 0.473. The number of nitrogens with zero attached hydrogens (tertiary/aromatic N) is 3. The van der Waals surface area contributed by atoms with Crippen LogP contribution in [0, 0.1) is 6.92 Å². The summed E-state index contributed by atoms with van der Waals surface area (Å²) in [4.78, 5) is 11.1. The highest BCUT2D eigenvalue weighted by molar-refractivity contribution is 5.45. The Kier molecular flexibility index (Phi) is 5.35. The molecule has 17 heavy (non-hydrogen) atoms. The van der Waals surface area contributed by atoms with Gasteiger partial charge in [0.1, 0.15) is 11.6 Å². The molecule has 0 aliphatic rings. The SMILES string of the molecule is CCN(CC)c1nc(C)ncc1CNC(C)C. The lowest BCUT2D eigenvalue weighted by molar-refractivity contribution is 0.585. The number of nitrogens with one attached hydrogen (secondary N) is 1. The van der Waals surface area contributed by atoms with Crippen molar-refractivity contribution in [3.05, 3.63) is 17.6 Å². The molecule has 1 aromatic heterocycles. The highest BCUT2D eigenvalue weighted by Crippen LogP contribution is 2.16. The molecule has 0 aromatic carbocycles. The summed E-state index contributed by atoms with van der Waals surface area (Å²) in [7, 11) is 0. The third-order valence-electron chi connectivity index (χ3n) is 2.73. The molecule has 0 radical (unpaired) electrons. The van der Waals surface area contributed by atoms with Crippen LogP contribution in [0.25, 0.3) is 0 Å². The Morgan fingerprint density at radius 2 is 1.94 bits per heavy atom. The van der Waals surface area contributed by atoms with Crippen molar-refractivity contribution in [3.8, 4) is 0 Å². The standard InChI is InChI=1S/C13H24N4/c1-6-17(7-2)13-12(8-14-10(3)4)9-15-11(5)16-13/h9-10,14H,6-8H2,1-5H3. The van der Waals surface area contributed by atoms with Crippen molar-refractivity contribution in [3.63, 3.8) is 0 Å².